The summed E-state index contributed by atoms with van der Waals surface area (Å²) in [6.07, 6.45) is 0.517. The van der Waals surface area contributed by atoms with E-state index in [9.17, 15) is 9.90 Å². The Kier molecular flexibility index (Phi) is 5.89. The molecule has 26 heavy (non-hydrogen) atoms. The highest BCUT2D eigenvalue weighted by Crippen LogP contribution is 2.14. The third-order valence-corrected chi connectivity index (χ3v) is 3.51. The molecule has 0 aliphatic rings. The van der Waals surface area contributed by atoms with Crippen molar-refractivity contribution in [2.24, 2.45) is 0 Å². The van der Waals surface area contributed by atoms with Crippen LogP contribution in [0.25, 0.3) is 0 Å². The minimum atomic E-state index is -0.778. The van der Waals surface area contributed by atoms with E-state index in [1.807, 2.05) is 30.3 Å². The fraction of sp³-hybridized carbons (Fsp3) is 0.222. The van der Waals surface area contributed by atoms with Gasteiger partial charge in [0, 0.05) is 0 Å². The van der Waals surface area contributed by atoms with Crippen LogP contribution >= 0.6 is 0 Å². The summed E-state index contributed by atoms with van der Waals surface area (Å²) in [6, 6.07) is 16.0. The molecule has 134 valence electrons. The molecule has 1 atom stereocenters. The first-order valence-corrected chi connectivity index (χ1v) is 8.03. The molecule has 1 aromatic heterocycles. The Hall–Kier alpha value is -3.26. The van der Waals surface area contributed by atoms with Crippen LogP contribution < -0.4 is 4.74 Å². The number of nitrogens with zero attached hydrogens (tertiary/aromatic N) is 4. The van der Waals surface area contributed by atoms with Crippen LogP contribution in [0.5, 0.6) is 5.75 Å². The Morgan fingerprint density at radius 2 is 1.88 bits per heavy atom. The number of tetrazole rings is 1. The highest BCUT2D eigenvalue weighted by Gasteiger charge is 2.10. The minimum Gasteiger partial charge on any atom is -0.491 e. The molecule has 8 nitrogen and oxygen atoms in total. The number of hydrogen-bond donors (Lipinski definition) is 1. The van der Waals surface area contributed by atoms with E-state index in [4.69, 9.17) is 9.47 Å². The molecule has 0 amide bonds. The minimum absolute atomic E-state index is 0.0688. The van der Waals surface area contributed by atoms with Gasteiger partial charge in [0.2, 0.25) is 0 Å². The average molecular weight is 354 g/mol. The van der Waals surface area contributed by atoms with E-state index in [0.717, 1.165) is 5.56 Å². The third-order valence-electron chi connectivity index (χ3n) is 3.51. The fourth-order valence-electron chi connectivity index (χ4n) is 2.20. The van der Waals surface area contributed by atoms with Crippen molar-refractivity contribution in [2.45, 2.75) is 19.3 Å². The van der Waals surface area contributed by atoms with Gasteiger partial charge in [-0.3, -0.25) is 0 Å². The Balaban J connectivity index is 1.46. The second kappa shape index (κ2) is 8.72. The van der Waals surface area contributed by atoms with Crippen molar-refractivity contribution in [2.75, 3.05) is 6.61 Å². The summed E-state index contributed by atoms with van der Waals surface area (Å²) in [7, 11) is 0. The van der Waals surface area contributed by atoms with Gasteiger partial charge in [0.05, 0.1) is 12.1 Å². The molecule has 1 N–H and O–H groups in total. The lowest BCUT2D eigenvalue weighted by Gasteiger charge is -2.11. The lowest BCUT2D eigenvalue weighted by molar-refractivity contribution is 0.0472. The summed E-state index contributed by atoms with van der Waals surface area (Å²) in [5.74, 6) is 0.132. The Bertz CT molecular complexity index is 807. The van der Waals surface area contributed by atoms with Gasteiger partial charge < -0.3 is 14.6 Å². The van der Waals surface area contributed by atoms with Crippen molar-refractivity contribution >= 4 is 5.97 Å². The number of ether oxygens (including phenoxy) is 2. The predicted molar refractivity (Wildman–Crippen MR) is 91.3 cm³/mol. The van der Waals surface area contributed by atoms with Gasteiger partial charge in [0.1, 0.15) is 25.1 Å². The summed E-state index contributed by atoms with van der Waals surface area (Å²) < 4.78 is 10.8. The van der Waals surface area contributed by atoms with Gasteiger partial charge in [-0.15, -0.1) is 10.2 Å². The molecule has 0 aliphatic heterocycles. The fourth-order valence-corrected chi connectivity index (χ4v) is 2.20. The lowest BCUT2D eigenvalue weighted by Crippen LogP contribution is -2.24. The monoisotopic (exact) mass is 354 g/mol. The van der Waals surface area contributed by atoms with Crippen LogP contribution in [0, 0.1) is 0 Å². The van der Waals surface area contributed by atoms with E-state index in [0.29, 0.717) is 11.3 Å². The van der Waals surface area contributed by atoms with Gasteiger partial charge in [-0.25, -0.2) is 4.79 Å². The summed E-state index contributed by atoms with van der Waals surface area (Å²) in [4.78, 5) is 13.3. The van der Waals surface area contributed by atoms with Gasteiger partial charge in [-0.2, -0.15) is 4.80 Å². The Labute approximate surface area is 150 Å². The molecule has 0 spiro atoms. The quantitative estimate of drug-likeness (QED) is 0.612. The Morgan fingerprint density at radius 1 is 1.12 bits per heavy atom. The zero-order chi connectivity index (χ0) is 18.2. The first-order valence-electron chi connectivity index (χ1n) is 8.03. The molecule has 0 radical (unpaired) electrons. The molecular weight excluding hydrogens is 336 g/mol. The molecule has 0 fully saturated rings. The Morgan fingerprint density at radius 3 is 2.58 bits per heavy atom. The topological polar surface area (TPSA) is 99.4 Å². The van der Waals surface area contributed by atoms with Gasteiger partial charge in [-0.05, 0) is 35.0 Å². The van der Waals surface area contributed by atoms with Crippen molar-refractivity contribution in [3.05, 3.63) is 72.1 Å². The van der Waals surface area contributed by atoms with Crippen LogP contribution in [-0.4, -0.2) is 44.0 Å². The first-order chi connectivity index (χ1) is 12.7. The van der Waals surface area contributed by atoms with E-state index in [1.54, 1.807) is 24.3 Å². The number of rotatable bonds is 8. The normalized spacial score (nSPS) is 11.7. The average Bonchev–Trinajstić information content (AvgIpc) is 3.18. The summed E-state index contributed by atoms with van der Waals surface area (Å²) in [5, 5.41) is 20.9. The number of carbonyl (C=O) groups excluding carboxylic acids is 1. The molecule has 2 aromatic carbocycles. The maximum absolute atomic E-state index is 12.0. The van der Waals surface area contributed by atoms with E-state index in [2.05, 4.69) is 15.4 Å². The van der Waals surface area contributed by atoms with Crippen LogP contribution in [0.1, 0.15) is 15.9 Å². The highest BCUT2D eigenvalue weighted by molar-refractivity contribution is 5.89. The van der Waals surface area contributed by atoms with Gasteiger partial charge >= 0.3 is 5.97 Å². The standard InChI is InChI=1S/C18H18N4O4/c23-16(10-22-20-13-19-21-22)12-25-17-8-6-15(7-9-17)18(24)26-11-14-4-2-1-3-5-14/h1-9,13,16,23H,10-12H2/t16-/m0/s1. The number of esters is 1. The van der Waals surface area contributed by atoms with Crippen LogP contribution in [-0.2, 0) is 17.9 Å². The molecule has 0 unspecified atom stereocenters. The van der Waals surface area contributed by atoms with E-state index < -0.39 is 12.1 Å². The molecule has 0 bridgehead atoms. The van der Waals surface area contributed by atoms with Crippen molar-refractivity contribution in [1.29, 1.82) is 0 Å². The smallest absolute Gasteiger partial charge is 0.338 e. The molecule has 0 aliphatic carbocycles. The molecule has 3 rings (SSSR count). The largest absolute Gasteiger partial charge is 0.491 e. The zero-order valence-corrected chi connectivity index (χ0v) is 13.9. The van der Waals surface area contributed by atoms with Crippen molar-refractivity contribution in [3.8, 4) is 5.75 Å². The molecule has 8 heteroatoms. The molecule has 0 saturated carbocycles. The highest BCUT2D eigenvalue weighted by atomic mass is 16.5. The van der Waals surface area contributed by atoms with Crippen LogP contribution in [0.3, 0.4) is 0 Å². The van der Waals surface area contributed by atoms with Crippen molar-refractivity contribution < 1.29 is 19.4 Å². The second-order valence-electron chi connectivity index (χ2n) is 5.54. The van der Waals surface area contributed by atoms with E-state index in [1.165, 1.54) is 11.1 Å². The van der Waals surface area contributed by atoms with E-state index in [-0.39, 0.29) is 19.8 Å². The third kappa shape index (κ3) is 5.12. The predicted octanol–water partition coefficient (Wildman–Crippen LogP) is 1.47. The zero-order valence-electron chi connectivity index (χ0n) is 13.9. The summed E-state index contributed by atoms with van der Waals surface area (Å²) in [5.41, 5.74) is 1.36. The van der Waals surface area contributed by atoms with Crippen LogP contribution in [0.15, 0.2) is 60.9 Å². The molecule has 1 heterocycles. The SMILES string of the molecule is O=C(OCc1ccccc1)c1ccc(OC[C@@H](O)Cn2ncnn2)cc1. The second-order valence-corrected chi connectivity index (χ2v) is 5.54. The number of aliphatic hydroxyl groups is 1. The van der Waals surface area contributed by atoms with Crippen molar-refractivity contribution in [3.63, 3.8) is 0 Å². The van der Waals surface area contributed by atoms with Crippen LogP contribution in [0.4, 0.5) is 0 Å². The van der Waals surface area contributed by atoms with Crippen LogP contribution in [0.2, 0.25) is 0 Å². The van der Waals surface area contributed by atoms with Gasteiger partial charge in [0.25, 0.3) is 0 Å². The molecule has 3 aromatic rings. The summed E-state index contributed by atoms with van der Waals surface area (Å²) in [6.45, 7) is 0.476. The maximum atomic E-state index is 12.0. The maximum Gasteiger partial charge on any atom is 0.338 e. The van der Waals surface area contributed by atoms with E-state index >= 15 is 0 Å². The number of hydrogen-bond acceptors (Lipinski definition) is 7. The number of aliphatic hydroxyl groups excluding tert-OH is 1. The summed E-state index contributed by atoms with van der Waals surface area (Å²) >= 11 is 0. The number of carbonyl (C=O) groups is 1. The number of aromatic nitrogens is 4. The molecule has 0 saturated heterocycles. The van der Waals surface area contributed by atoms with Crippen molar-refractivity contribution in [1.82, 2.24) is 20.2 Å². The first kappa shape index (κ1) is 17.6. The number of benzene rings is 2. The lowest BCUT2D eigenvalue weighted by atomic mass is 10.2. The van der Waals surface area contributed by atoms with Gasteiger partial charge in [-0.1, -0.05) is 30.3 Å². The van der Waals surface area contributed by atoms with Gasteiger partial charge in [0.15, 0.2) is 6.33 Å². The molecular formula is C18H18N4O4.